The van der Waals surface area contributed by atoms with Crippen molar-refractivity contribution in [2.45, 2.75) is 23.3 Å². The Hall–Kier alpha value is -3.37. The maximum atomic E-state index is 11.7. The lowest BCUT2D eigenvalue weighted by Crippen LogP contribution is -2.55. The minimum absolute atomic E-state index is 0.0144. The highest BCUT2D eigenvalue weighted by Crippen LogP contribution is 2.48. The normalized spacial score (nSPS) is 17.2. The SMILES string of the molecule is COc1cnc(Nc2cccc(S(N)(=O)=O)c2)nc1N1CCN(c2ccccc2)CC12CC2. The number of piperazine rings is 1. The fourth-order valence-electron chi connectivity index (χ4n) is 4.38. The van der Waals surface area contributed by atoms with Gasteiger partial charge in [-0.2, -0.15) is 4.98 Å². The van der Waals surface area contributed by atoms with Crippen LogP contribution in [0, 0.1) is 0 Å². The minimum atomic E-state index is -3.80. The third-order valence-electron chi connectivity index (χ3n) is 6.23. The van der Waals surface area contributed by atoms with Crippen LogP contribution in [0.1, 0.15) is 12.8 Å². The highest BCUT2D eigenvalue weighted by Gasteiger charge is 2.52. The van der Waals surface area contributed by atoms with Gasteiger partial charge >= 0.3 is 0 Å². The number of hydrogen-bond acceptors (Lipinski definition) is 8. The summed E-state index contributed by atoms with van der Waals surface area (Å²) in [4.78, 5) is 13.9. The average molecular weight is 467 g/mol. The Kier molecular flexibility index (Phi) is 5.34. The summed E-state index contributed by atoms with van der Waals surface area (Å²) < 4.78 is 29.0. The number of benzene rings is 2. The van der Waals surface area contributed by atoms with Gasteiger partial charge in [-0.05, 0) is 43.2 Å². The molecule has 1 aliphatic heterocycles. The summed E-state index contributed by atoms with van der Waals surface area (Å²) in [6.07, 6.45) is 3.82. The van der Waals surface area contributed by atoms with E-state index in [1.807, 2.05) is 6.07 Å². The number of rotatable bonds is 6. The van der Waals surface area contributed by atoms with E-state index in [4.69, 9.17) is 14.9 Å². The van der Waals surface area contributed by atoms with E-state index in [-0.39, 0.29) is 10.4 Å². The van der Waals surface area contributed by atoms with Crippen LogP contribution in [0.4, 0.5) is 23.1 Å². The van der Waals surface area contributed by atoms with Crippen molar-refractivity contribution in [1.29, 1.82) is 0 Å². The lowest BCUT2D eigenvalue weighted by molar-refractivity contribution is 0.404. The van der Waals surface area contributed by atoms with Gasteiger partial charge in [0.25, 0.3) is 0 Å². The molecule has 2 aromatic carbocycles. The molecule has 2 fully saturated rings. The van der Waals surface area contributed by atoms with Gasteiger partial charge < -0.3 is 19.9 Å². The molecule has 33 heavy (non-hydrogen) atoms. The molecule has 1 saturated carbocycles. The Morgan fingerprint density at radius 3 is 2.58 bits per heavy atom. The topological polar surface area (TPSA) is 114 Å². The monoisotopic (exact) mass is 466 g/mol. The number of hydrogen-bond donors (Lipinski definition) is 2. The van der Waals surface area contributed by atoms with Crippen molar-refractivity contribution in [1.82, 2.24) is 9.97 Å². The molecular weight excluding hydrogens is 440 g/mol. The summed E-state index contributed by atoms with van der Waals surface area (Å²) in [6.45, 7) is 2.60. The Morgan fingerprint density at radius 2 is 1.88 bits per heavy atom. The van der Waals surface area contributed by atoms with Gasteiger partial charge in [-0.1, -0.05) is 24.3 Å². The number of nitrogens with zero attached hydrogens (tertiary/aromatic N) is 4. The number of methoxy groups -OCH3 is 1. The molecule has 1 aromatic heterocycles. The summed E-state index contributed by atoms with van der Waals surface area (Å²) >= 11 is 0. The third kappa shape index (κ3) is 4.31. The molecule has 10 heteroatoms. The smallest absolute Gasteiger partial charge is 0.238 e. The summed E-state index contributed by atoms with van der Waals surface area (Å²) in [5.41, 5.74) is 1.78. The van der Waals surface area contributed by atoms with Crippen LogP contribution >= 0.6 is 0 Å². The summed E-state index contributed by atoms with van der Waals surface area (Å²) in [5, 5.41) is 8.35. The zero-order valence-corrected chi connectivity index (χ0v) is 19.1. The van der Waals surface area contributed by atoms with E-state index < -0.39 is 10.0 Å². The molecule has 9 nitrogen and oxygen atoms in total. The lowest BCUT2D eigenvalue weighted by Gasteiger charge is -2.44. The van der Waals surface area contributed by atoms with Crippen LogP contribution in [0.5, 0.6) is 5.75 Å². The number of para-hydroxylation sites is 1. The second-order valence-corrected chi connectivity index (χ2v) is 9.98. The first-order valence-corrected chi connectivity index (χ1v) is 12.3. The summed E-state index contributed by atoms with van der Waals surface area (Å²) in [6, 6.07) is 16.7. The number of sulfonamides is 1. The number of aromatic nitrogens is 2. The van der Waals surface area contributed by atoms with Crippen LogP contribution in [-0.4, -0.2) is 50.7 Å². The number of nitrogens with two attached hydrogens (primary N) is 1. The van der Waals surface area contributed by atoms with Crippen molar-refractivity contribution in [2.24, 2.45) is 5.14 Å². The minimum Gasteiger partial charge on any atom is -0.491 e. The van der Waals surface area contributed by atoms with Crippen molar-refractivity contribution in [2.75, 3.05) is 41.9 Å². The standard InChI is InChI=1S/C23H26N6O3S/c1-32-20-15-25-22(26-17-6-5-9-19(14-17)33(24,30)31)27-21(20)29-13-12-28(16-23(29)10-11-23)18-7-3-2-4-8-18/h2-9,14-15H,10-13,16H2,1H3,(H2,24,30,31)(H,25,26,27). The molecule has 1 aliphatic carbocycles. The van der Waals surface area contributed by atoms with Crippen LogP contribution in [0.25, 0.3) is 0 Å². The van der Waals surface area contributed by atoms with Crippen molar-refractivity contribution >= 4 is 33.2 Å². The molecule has 5 rings (SSSR count). The van der Waals surface area contributed by atoms with Crippen molar-refractivity contribution in [3.8, 4) is 5.75 Å². The molecule has 0 bridgehead atoms. The van der Waals surface area contributed by atoms with E-state index in [9.17, 15) is 8.42 Å². The lowest BCUT2D eigenvalue weighted by atomic mass is 10.1. The fourth-order valence-corrected chi connectivity index (χ4v) is 4.94. The average Bonchev–Trinajstić information content (AvgIpc) is 3.58. The Balaban J connectivity index is 1.42. The van der Waals surface area contributed by atoms with Crippen LogP contribution in [0.3, 0.4) is 0 Å². The van der Waals surface area contributed by atoms with Crippen LogP contribution in [0.15, 0.2) is 65.7 Å². The zero-order chi connectivity index (χ0) is 23.1. The molecule has 2 aliphatic rings. The van der Waals surface area contributed by atoms with Gasteiger partial charge in [0.05, 0.1) is 23.7 Å². The molecule has 0 atom stereocenters. The number of ether oxygens (including phenoxy) is 1. The van der Waals surface area contributed by atoms with Crippen molar-refractivity contribution < 1.29 is 13.2 Å². The van der Waals surface area contributed by atoms with E-state index in [1.165, 1.54) is 17.8 Å². The third-order valence-corrected chi connectivity index (χ3v) is 7.14. The van der Waals surface area contributed by atoms with Crippen molar-refractivity contribution in [3.05, 3.63) is 60.8 Å². The van der Waals surface area contributed by atoms with E-state index in [0.717, 1.165) is 38.3 Å². The van der Waals surface area contributed by atoms with Gasteiger partial charge in [0.1, 0.15) is 0 Å². The Bertz CT molecular complexity index is 1260. The number of primary sulfonamides is 1. The first-order valence-electron chi connectivity index (χ1n) is 10.8. The van der Waals surface area contributed by atoms with Gasteiger partial charge in [0, 0.05) is 31.0 Å². The van der Waals surface area contributed by atoms with Crippen molar-refractivity contribution in [3.63, 3.8) is 0 Å². The first-order chi connectivity index (χ1) is 15.9. The van der Waals surface area contributed by atoms with E-state index in [0.29, 0.717) is 17.4 Å². The molecule has 2 heterocycles. The quantitative estimate of drug-likeness (QED) is 0.570. The Morgan fingerprint density at radius 1 is 1.09 bits per heavy atom. The second kappa shape index (κ2) is 8.20. The second-order valence-electron chi connectivity index (χ2n) is 8.42. The predicted molar refractivity (Wildman–Crippen MR) is 128 cm³/mol. The van der Waals surface area contributed by atoms with E-state index in [1.54, 1.807) is 25.4 Å². The van der Waals surface area contributed by atoms with Gasteiger partial charge in [0.2, 0.25) is 16.0 Å². The molecular formula is C23H26N6O3S. The van der Waals surface area contributed by atoms with Gasteiger partial charge in [-0.3, -0.25) is 0 Å². The molecule has 0 radical (unpaired) electrons. The zero-order valence-electron chi connectivity index (χ0n) is 18.3. The fraction of sp³-hybridized carbons (Fsp3) is 0.304. The maximum Gasteiger partial charge on any atom is 0.238 e. The van der Waals surface area contributed by atoms with Crippen LogP contribution in [0.2, 0.25) is 0 Å². The summed E-state index contributed by atoms with van der Waals surface area (Å²) in [5.74, 6) is 1.71. The highest BCUT2D eigenvalue weighted by atomic mass is 32.2. The largest absolute Gasteiger partial charge is 0.491 e. The van der Waals surface area contributed by atoms with E-state index in [2.05, 4.69) is 44.4 Å². The number of anilines is 4. The molecule has 1 saturated heterocycles. The molecule has 172 valence electrons. The highest BCUT2D eigenvalue weighted by molar-refractivity contribution is 7.89. The van der Waals surface area contributed by atoms with Crippen LogP contribution in [-0.2, 0) is 10.0 Å². The van der Waals surface area contributed by atoms with Gasteiger partial charge in [-0.15, -0.1) is 0 Å². The molecule has 3 N–H and O–H groups in total. The molecule has 3 aromatic rings. The molecule has 0 unspecified atom stereocenters. The maximum absolute atomic E-state index is 11.7. The van der Waals surface area contributed by atoms with Gasteiger partial charge in [-0.25, -0.2) is 18.5 Å². The first kappa shape index (κ1) is 21.5. The van der Waals surface area contributed by atoms with E-state index >= 15 is 0 Å². The Labute approximate surface area is 193 Å². The predicted octanol–water partition coefficient (Wildman–Crippen LogP) is 2.74. The number of nitrogens with one attached hydrogen (secondary N) is 1. The van der Waals surface area contributed by atoms with Crippen LogP contribution < -0.4 is 25.0 Å². The summed E-state index contributed by atoms with van der Waals surface area (Å²) in [7, 11) is -2.19. The van der Waals surface area contributed by atoms with Gasteiger partial charge in [0.15, 0.2) is 11.6 Å². The molecule has 1 spiro atoms. The molecule has 0 amide bonds.